The van der Waals surface area contributed by atoms with Crippen LogP contribution in [0, 0.1) is 6.92 Å². The fraction of sp³-hybridized carbons (Fsp3) is 0.429. The predicted octanol–water partition coefficient (Wildman–Crippen LogP) is 5.26. The van der Waals surface area contributed by atoms with Crippen molar-refractivity contribution in [1.29, 1.82) is 0 Å². The Bertz CT molecular complexity index is 588. The fourth-order valence-electron chi connectivity index (χ4n) is 1.80. The van der Waals surface area contributed by atoms with Gasteiger partial charge in [-0.2, -0.15) is 0 Å². The number of anilines is 1. The van der Waals surface area contributed by atoms with E-state index in [2.05, 4.69) is 55.2 Å². The first-order valence-electron chi connectivity index (χ1n) is 6.53. The molecule has 1 aromatic carbocycles. The zero-order valence-electron chi connectivity index (χ0n) is 11.4. The molecule has 1 N–H and O–H groups in total. The molecule has 2 rings (SSSR count). The topological polar surface area (TPSA) is 42.0 Å². The second-order valence-electron chi connectivity index (χ2n) is 4.69. The number of alkyl halides is 1. The van der Waals surface area contributed by atoms with Crippen molar-refractivity contribution in [2.24, 2.45) is 0 Å². The first kappa shape index (κ1) is 15.9. The molecule has 20 heavy (non-hydrogen) atoms. The van der Waals surface area contributed by atoms with Crippen molar-refractivity contribution in [1.82, 2.24) is 4.98 Å². The maximum atomic E-state index is 12.0. The smallest absolute Gasteiger partial charge is 0.239 e. The quantitative estimate of drug-likeness (QED) is 0.671. The number of carbonyl (C=O) groups is 1. The Labute approximate surface area is 139 Å². The third kappa shape index (κ3) is 3.80. The molecule has 0 radical (unpaired) electrons. The molecule has 0 saturated heterocycles. The maximum absolute atomic E-state index is 12.0. The van der Waals surface area contributed by atoms with Crippen LogP contribution in [0.25, 0.3) is 10.2 Å². The summed E-state index contributed by atoms with van der Waals surface area (Å²) in [7, 11) is 0. The number of aromatic nitrogens is 1. The summed E-state index contributed by atoms with van der Waals surface area (Å²) in [6, 6.07) is 4.06. The number of carbonyl (C=O) groups excluding carboxylic acids is 1. The summed E-state index contributed by atoms with van der Waals surface area (Å²) in [6.45, 7) is 4.16. The Balaban J connectivity index is 2.12. The van der Waals surface area contributed by atoms with E-state index >= 15 is 0 Å². The SMILES string of the molecule is CCCCC(Br)C(=O)Nc1nc2cc(Br)c(C)cc2s1. The van der Waals surface area contributed by atoms with E-state index in [4.69, 9.17) is 0 Å². The van der Waals surface area contributed by atoms with Crippen LogP contribution in [0.15, 0.2) is 16.6 Å². The Kier molecular flexibility index (Phi) is 5.57. The van der Waals surface area contributed by atoms with Gasteiger partial charge in [-0.25, -0.2) is 4.98 Å². The van der Waals surface area contributed by atoms with Crippen LogP contribution in [0.1, 0.15) is 31.7 Å². The highest BCUT2D eigenvalue weighted by Crippen LogP contribution is 2.30. The molecular weight excluding hydrogens is 404 g/mol. The van der Waals surface area contributed by atoms with Crippen molar-refractivity contribution in [2.75, 3.05) is 5.32 Å². The monoisotopic (exact) mass is 418 g/mol. The zero-order valence-corrected chi connectivity index (χ0v) is 15.4. The van der Waals surface area contributed by atoms with Gasteiger partial charge in [0.05, 0.1) is 15.0 Å². The van der Waals surface area contributed by atoms with Crippen LogP contribution in [-0.2, 0) is 4.79 Å². The molecule has 108 valence electrons. The van der Waals surface area contributed by atoms with Crippen LogP contribution in [0.2, 0.25) is 0 Å². The van der Waals surface area contributed by atoms with E-state index in [1.54, 1.807) is 0 Å². The molecule has 0 bridgehead atoms. The van der Waals surface area contributed by atoms with Gasteiger partial charge in [0.15, 0.2) is 5.13 Å². The summed E-state index contributed by atoms with van der Waals surface area (Å²) in [6.07, 6.45) is 2.97. The number of fused-ring (bicyclic) bond motifs is 1. The largest absolute Gasteiger partial charge is 0.301 e. The average Bonchev–Trinajstić information content (AvgIpc) is 2.77. The third-order valence-electron chi connectivity index (χ3n) is 2.99. The van der Waals surface area contributed by atoms with E-state index in [0.717, 1.165) is 34.0 Å². The van der Waals surface area contributed by atoms with Gasteiger partial charge in [-0.05, 0) is 31.0 Å². The number of nitrogens with one attached hydrogen (secondary N) is 1. The van der Waals surface area contributed by atoms with Gasteiger partial charge < -0.3 is 5.32 Å². The summed E-state index contributed by atoms with van der Waals surface area (Å²) in [5.74, 6) is -0.0201. The summed E-state index contributed by atoms with van der Waals surface area (Å²) in [4.78, 5) is 16.3. The minimum absolute atomic E-state index is 0.0201. The van der Waals surface area contributed by atoms with Crippen LogP contribution in [0.4, 0.5) is 5.13 Å². The van der Waals surface area contributed by atoms with E-state index in [0.29, 0.717) is 5.13 Å². The zero-order chi connectivity index (χ0) is 14.7. The molecule has 0 spiro atoms. The van der Waals surface area contributed by atoms with E-state index in [-0.39, 0.29) is 10.7 Å². The van der Waals surface area contributed by atoms with E-state index < -0.39 is 0 Å². The van der Waals surface area contributed by atoms with Gasteiger partial charge in [-0.3, -0.25) is 4.79 Å². The molecule has 0 aliphatic heterocycles. The normalized spacial score (nSPS) is 12.6. The molecule has 1 aromatic heterocycles. The molecule has 0 aliphatic carbocycles. The van der Waals surface area contributed by atoms with Crippen LogP contribution < -0.4 is 5.32 Å². The molecule has 0 aliphatic rings. The van der Waals surface area contributed by atoms with Gasteiger partial charge in [0.25, 0.3) is 0 Å². The van der Waals surface area contributed by atoms with E-state index in [9.17, 15) is 4.79 Å². The lowest BCUT2D eigenvalue weighted by Gasteiger charge is -2.07. The molecule has 6 heteroatoms. The lowest BCUT2D eigenvalue weighted by molar-refractivity contribution is -0.115. The second kappa shape index (κ2) is 7.00. The lowest BCUT2D eigenvalue weighted by atomic mass is 10.2. The van der Waals surface area contributed by atoms with Crippen LogP contribution in [0.3, 0.4) is 0 Å². The highest BCUT2D eigenvalue weighted by molar-refractivity contribution is 9.10. The number of benzene rings is 1. The minimum Gasteiger partial charge on any atom is -0.301 e. The maximum Gasteiger partial charge on any atom is 0.239 e. The van der Waals surface area contributed by atoms with Gasteiger partial charge in [0, 0.05) is 4.47 Å². The number of aryl methyl sites for hydroxylation is 1. The number of halogens is 2. The number of nitrogens with zero attached hydrogens (tertiary/aromatic N) is 1. The van der Waals surface area contributed by atoms with Crippen LogP contribution in [-0.4, -0.2) is 15.7 Å². The first-order valence-corrected chi connectivity index (χ1v) is 9.05. The number of hydrogen-bond acceptors (Lipinski definition) is 3. The fourth-order valence-corrected chi connectivity index (χ4v) is 3.52. The van der Waals surface area contributed by atoms with Crippen LogP contribution in [0.5, 0.6) is 0 Å². The van der Waals surface area contributed by atoms with E-state index in [1.807, 2.05) is 13.0 Å². The van der Waals surface area contributed by atoms with Gasteiger partial charge in [0.2, 0.25) is 5.91 Å². The standard InChI is InChI=1S/C14H16Br2N2OS/c1-3-4-5-9(15)13(19)18-14-17-11-7-10(16)8(2)6-12(11)20-14/h6-7,9H,3-5H2,1-2H3,(H,17,18,19). The summed E-state index contributed by atoms with van der Waals surface area (Å²) >= 11 is 8.43. The Morgan fingerprint density at radius 3 is 2.95 bits per heavy atom. The molecule has 0 fully saturated rings. The molecular formula is C14H16Br2N2OS. The molecule has 1 atom stereocenters. The molecule has 3 nitrogen and oxygen atoms in total. The lowest BCUT2D eigenvalue weighted by Crippen LogP contribution is -2.22. The molecule has 1 unspecified atom stereocenters. The van der Waals surface area contributed by atoms with Gasteiger partial charge in [0.1, 0.15) is 0 Å². The van der Waals surface area contributed by atoms with Gasteiger partial charge in [-0.1, -0.05) is 63.0 Å². The highest BCUT2D eigenvalue weighted by Gasteiger charge is 2.16. The van der Waals surface area contributed by atoms with Crippen molar-refractivity contribution in [3.63, 3.8) is 0 Å². The van der Waals surface area contributed by atoms with Crippen molar-refractivity contribution in [2.45, 2.75) is 37.9 Å². The number of thiazole rings is 1. The Morgan fingerprint density at radius 1 is 1.50 bits per heavy atom. The first-order chi connectivity index (χ1) is 9.51. The van der Waals surface area contributed by atoms with Crippen molar-refractivity contribution < 1.29 is 4.79 Å². The van der Waals surface area contributed by atoms with Crippen molar-refractivity contribution >= 4 is 64.5 Å². The third-order valence-corrected chi connectivity index (χ3v) is 5.66. The highest BCUT2D eigenvalue weighted by atomic mass is 79.9. The summed E-state index contributed by atoms with van der Waals surface area (Å²) in [5, 5.41) is 3.54. The molecule has 1 amide bonds. The van der Waals surface area contributed by atoms with Crippen molar-refractivity contribution in [3.05, 3.63) is 22.2 Å². The molecule has 2 aromatic rings. The number of amides is 1. The summed E-state index contributed by atoms with van der Waals surface area (Å²) < 4.78 is 2.12. The number of hydrogen-bond donors (Lipinski definition) is 1. The number of rotatable bonds is 5. The summed E-state index contributed by atoms with van der Waals surface area (Å²) in [5.41, 5.74) is 2.07. The van der Waals surface area contributed by atoms with Crippen LogP contribution >= 0.6 is 43.2 Å². The second-order valence-corrected chi connectivity index (χ2v) is 7.68. The molecule has 1 heterocycles. The molecule has 0 saturated carbocycles. The Hall–Kier alpha value is -0.460. The van der Waals surface area contributed by atoms with Crippen molar-refractivity contribution in [3.8, 4) is 0 Å². The predicted molar refractivity (Wildman–Crippen MR) is 92.9 cm³/mol. The Morgan fingerprint density at radius 2 is 2.25 bits per heavy atom. The number of unbranched alkanes of at least 4 members (excludes halogenated alkanes) is 1. The average molecular weight is 420 g/mol. The van der Waals surface area contributed by atoms with Gasteiger partial charge >= 0.3 is 0 Å². The van der Waals surface area contributed by atoms with E-state index in [1.165, 1.54) is 16.9 Å². The van der Waals surface area contributed by atoms with Gasteiger partial charge in [-0.15, -0.1) is 0 Å². The minimum atomic E-state index is -0.150.